The molecule has 2 aromatic carbocycles. The summed E-state index contributed by atoms with van der Waals surface area (Å²) >= 11 is 0. The van der Waals surface area contributed by atoms with Crippen molar-refractivity contribution in [3.63, 3.8) is 0 Å². The first kappa shape index (κ1) is 24.6. The molecule has 4 heterocycles. The standard InChI is InChI=1S/C29H36N8O/c1-21(22-5-3-2-4-6-22)19-36-13-11-24(12-14-36)32-28-26-27(31-20-30-26)34-29(35-28)33-23-7-9-25(10-8-23)37-15-17-38-18-16-37/h2-10,20-21,24H,11-19H2,1H3,(H3,30,31,32,33,34,35). The van der Waals surface area contributed by atoms with Crippen LogP contribution in [0.5, 0.6) is 0 Å². The number of likely N-dealkylation sites (tertiary alicyclic amines) is 1. The topological polar surface area (TPSA) is 94.2 Å². The Labute approximate surface area is 223 Å². The summed E-state index contributed by atoms with van der Waals surface area (Å²) in [6.07, 6.45) is 3.83. The molecule has 3 N–H and O–H groups in total. The molecule has 38 heavy (non-hydrogen) atoms. The van der Waals surface area contributed by atoms with E-state index in [0.29, 0.717) is 23.6 Å². The van der Waals surface area contributed by atoms with E-state index in [1.165, 1.54) is 11.3 Å². The van der Waals surface area contributed by atoms with Crippen LogP contribution in [0.3, 0.4) is 0 Å². The third kappa shape index (κ3) is 5.74. The number of H-pyrrole nitrogens is 1. The quantitative estimate of drug-likeness (QED) is 0.315. The van der Waals surface area contributed by atoms with Crippen molar-refractivity contribution in [3.05, 3.63) is 66.5 Å². The predicted molar refractivity (Wildman–Crippen MR) is 152 cm³/mol. The number of aromatic amines is 1. The Kier molecular flexibility index (Phi) is 7.37. The van der Waals surface area contributed by atoms with Crippen molar-refractivity contribution in [1.82, 2.24) is 24.8 Å². The average Bonchev–Trinajstić information content (AvgIpc) is 3.45. The molecule has 9 nitrogen and oxygen atoms in total. The van der Waals surface area contributed by atoms with Crippen LogP contribution in [0.2, 0.25) is 0 Å². The second kappa shape index (κ2) is 11.4. The number of piperidine rings is 1. The number of hydrogen-bond donors (Lipinski definition) is 3. The minimum absolute atomic E-state index is 0.361. The Morgan fingerprint density at radius 1 is 0.974 bits per heavy atom. The summed E-state index contributed by atoms with van der Waals surface area (Å²) in [6, 6.07) is 19.6. The first-order valence-electron chi connectivity index (χ1n) is 13.7. The average molecular weight is 513 g/mol. The minimum atomic E-state index is 0.361. The fourth-order valence-corrected chi connectivity index (χ4v) is 5.43. The van der Waals surface area contributed by atoms with E-state index in [2.05, 4.69) is 96.9 Å². The number of imidazole rings is 1. The molecule has 2 aromatic heterocycles. The van der Waals surface area contributed by atoms with E-state index in [0.717, 1.165) is 75.8 Å². The second-order valence-electron chi connectivity index (χ2n) is 10.3. The van der Waals surface area contributed by atoms with Gasteiger partial charge in [0.25, 0.3) is 0 Å². The van der Waals surface area contributed by atoms with Crippen molar-refractivity contribution in [2.45, 2.75) is 31.7 Å². The van der Waals surface area contributed by atoms with Crippen LogP contribution in [-0.4, -0.2) is 76.8 Å². The number of nitrogens with one attached hydrogen (secondary N) is 3. The Morgan fingerprint density at radius 3 is 2.50 bits per heavy atom. The van der Waals surface area contributed by atoms with Crippen LogP contribution in [0.15, 0.2) is 60.9 Å². The molecule has 0 spiro atoms. The van der Waals surface area contributed by atoms with Gasteiger partial charge in [-0.3, -0.25) is 0 Å². The monoisotopic (exact) mass is 512 g/mol. The molecular formula is C29H36N8O. The number of rotatable bonds is 8. The van der Waals surface area contributed by atoms with E-state index in [-0.39, 0.29) is 0 Å². The SMILES string of the molecule is CC(CN1CCC(Nc2nc(Nc3ccc(N4CCOCC4)cc3)nc3nc[nH]c23)CC1)c1ccccc1. The number of fused-ring (bicyclic) bond motifs is 1. The van der Waals surface area contributed by atoms with Crippen LogP contribution in [0.1, 0.15) is 31.2 Å². The van der Waals surface area contributed by atoms with Gasteiger partial charge in [0.1, 0.15) is 5.52 Å². The molecule has 6 rings (SSSR count). The highest BCUT2D eigenvalue weighted by atomic mass is 16.5. The summed E-state index contributed by atoms with van der Waals surface area (Å²) in [4.78, 5) is 22.0. The zero-order valence-electron chi connectivity index (χ0n) is 21.9. The third-order valence-electron chi connectivity index (χ3n) is 7.61. The molecule has 0 bridgehead atoms. The van der Waals surface area contributed by atoms with Crippen molar-refractivity contribution >= 4 is 34.3 Å². The second-order valence-corrected chi connectivity index (χ2v) is 10.3. The number of benzene rings is 2. The van der Waals surface area contributed by atoms with Gasteiger partial charge in [0.15, 0.2) is 11.5 Å². The first-order chi connectivity index (χ1) is 18.7. The van der Waals surface area contributed by atoms with Crippen molar-refractivity contribution in [1.29, 1.82) is 0 Å². The molecule has 1 unspecified atom stereocenters. The number of ether oxygens (including phenoxy) is 1. The number of nitrogens with zero attached hydrogens (tertiary/aromatic N) is 5. The van der Waals surface area contributed by atoms with E-state index in [9.17, 15) is 0 Å². The smallest absolute Gasteiger partial charge is 0.231 e. The van der Waals surface area contributed by atoms with E-state index in [4.69, 9.17) is 9.72 Å². The summed E-state index contributed by atoms with van der Waals surface area (Å²) in [5.41, 5.74) is 5.06. The van der Waals surface area contributed by atoms with Gasteiger partial charge >= 0.3 is 0 Å². The molecule has 2 aliphatic heterocycles. The molecule has 0 radical (unpaired) electrons. The fraction of sp³-hybridized carbons (Fsp3) is 0.414. The lowest BCUT2D eigenvalue weighted by Gasteiger charge is -2.34. The van der Waals surface area contributed by atoms with Gasteiger partial charge in [-0.05, 0) is 48.6 Å². The van der Waals surface area contributed by atoms with Crippen molar-refractivity contribution < 1.29 is 4.74 Å². The van der Waals surface area contributed by atoms with Gasteiger partial charge in [0.2, 0.25) is 5.95 Å². The molecule has 2 fully saturated rings. The number of hydrogen-bond acceptors (Lipinski definition) is 8. The lowest BCUT2D eigenvalue weighted by Crippen LogP contribution is -2.40. The summed E-state index contributed by atoms with van der Waals surface area (Å²) in [6.45, 7) is 8.96. The minimum Gasteiger partial charge on any atom is -0.378 e. The normalized spacial score (nSPS) is 18.0. The van der Waals surface area contributed by atoms with Gasteiger partial charge in [-0.2, -0.15) is 9.97 Å². The van der Waals surface area contributed by atoms with E-state index in [1.54, 1.807) is 6.33 Å². The molecule has 2 aliphatic rings. The zero-order valence-corrected chi connectivity index (χ0v) is 21.9. The van der Waals surface area contributed by atoms with Gasteiger partial charge in [-0.25, -0.2) is 4.98 Å². The highest BCUT2D eigenvalue weighted by Gasteiger charge is 2.22. The largest absolute Gasteiger partial charge is 0.378 e. The number of morpholine rings is 1. The highest BCUT2D eigenvalue weighted by molar-refractivity contribution is 5.84. The van der Waals surface area contributed by atoms with E-state index >= 15 is 0 Å². The summed E-state index contributed by atoms with van der Waals surface area (Å²) in [5, 5.41) is 7.06. The van der Waals surface area contributed by atoms with E-state index in [1.807, 2.05) is 0 Å². The molecule has 9 heteroatoms. The van der Waals surface area contributed by atoms with Crippen molar-refractivity contribution in [3.8, 4) is 0 Å². The molecular weight excluding hydrogens is 476 g/mol. The Morgan fingerprint density at radius 2 is 1.74 bits per heavy atom. The maximum atomic E-state index is 5.47. The van der Waals surface area contributed by atoms with Crippen LogP contribution in [0, 0.1) is 0 Å². The van der Waals surface area contributed by atoms with Gasteiger partial charge in [0.05, 0.1) is 19.5 Å². The Balaban J connectivity index is 1.08. The Hall–Kier alpha value is -3.69. The molecule has 0 aliphatic carbocycles. The van der Waals surface area contributed by atoms with Crippen LogP contribution < -0.4 is 15.5 Å². The summed E-state index contributed by atoms with van der Waals surface area (Å²) < 4.78 is 5.47. The van der Waals surface area contributed by atoms with Gasteiger partial charge in [0, 0.05) is 50.1 Å². The molecule has 4 aromatic rings. The molecule has 0 amide bonds. The van der Waals surface area contributed by atoms with Gasteiger partial charge in [-0.1, -0.05) is 37.3 Å². The molecule has 1 atom stereocenters. The van der Waals surface area contributed by atoms with Gasteiger partial charge < -0.3 is 30.2 Å². The van der Waals surface area contributed by atoms with Crippen molar-refractivity contribution in [2.24, 2.45) is 0 Å². The maximum absolute atomic E-state index is 5.47. The lowest BCUT2D eigenvalue weighted by molar-refractivity contribution is 0.122. The maximum Gasteiger partial charge on any atom is 0.231 e. The highest BCUT2D eigenvalue weighted by Crippen LogP contribution is 2.26. The number of anilines is 4. The number of aromatic nitrogens is 4. The Bertz CT molecular complexity index is 1310. The molecule has 2 saturated heterocycles. The zero-order chi connectivity index (χ0) is 25.7. The summed E-state index contributed by atoms with van der Waals surface area (Å²) in [5.74, 6) is 1.88. The van der Waals surface area contributed by atoms with Crippen molar-refractivity contribution in [2.75, 3.05) is 61.5 Å². The lowest BCUT2D eigenvalue weighted by atomic mass is 9.98. The predicted octanol–water partition coefficient (Wildman–Crippen LogP) is 4.61. The van der Waals surface area contributed by atoms with Crippen LogP contribution in [-0.2, 0) is 4.74 Å². The first-order valence-corrected chi connectivity index (χ1v) is 13.7. The van der Waals surface area contributed by atoms with E-state index < -0.39 is 0 Å². The fourth-order valence-electron chi connectivity index (χ4n) is 5.43. The molecule has 198 valence electrons. The van der Waals surface area contributed by atoms with Crippen LogP contribution in [0.4, 0.5) is 23.1 Å². The third-order valence-corrected chi connectivity index (χ3v) is 7.61. The van der Waals surface area contributed by atoms with Crippen LogP contribution in [0.25, 0.3) is 11.2 Å². The van der Waals surface area contributed by atoms with Crippen LogP contribution >= 0.6 is 0 Å². The molecule has 0 saturated carbocycles. The summed E-state index contributed by atoms with van der Waals surface area (Å²) in [7, 11) is 0. The van der Waals surface area contributed by atoms with Gasteiger partial charge in [-0.15, -0.1) is 0 Å².